The first-order valence-electron chi connectivity index (χ1n) is 36.0. The average molecular weight is 1370 g/mol. The maximum Gasteiger partial charge on any atom is 0.164 e. The van der Waals surface area contributed by atoms with Crippen molar-refractivity contribution in [3.63, 3.8) is 0 Å². The molecule has 14 aromatic carbocycles. The van der Waals surface area contributed by atoms with Crippen LogP contribution in [0.5, 0.6) is 0 Å². The molecule has 0 atom stereocenters. The fourth-order valence-corrected chi connectivity index (χ4v) is 16.1. The number of nitrogens with zero attached hydrogens (tertiary/aromatic N) is 11. The standard InChI is InChI=1S/C53H34N6.C43H27N5/c1-4-17-35(18-5-1)51-54-52(36-19-6-2-7-20-36)56-53(55-51)37-21-16-24-39(33-37)58-44-27-12-10-25-40(44)41-31-32-46-43(50(41)58)34-49-42-26-11-13-28-45(42)57(38-22-8-3-9-23-38)47-29-14-15-30-48(47)59(46)49;1-3-17-35-28(10-1)21-22-36(45-35)31-13-7-11-29(26-31)30-12-8-14-32(27-30)47-39-18-4-2-15-34(39)43-46-38-24-23-37-33(16-9-25-44-37)42(38)48(43)41-20-6-5-19-40(41)47/h1-34H;1-27H. The van der Waals surface area contributed by atoms with Crippen molar-refractivity contribution in [3.8, 4) is 96.3 Å². The van der Waals surface area contributed by atoms with Crippen LogP contribution in [0.1, 0.15) is 0 Å². The van der Waals surface area contributed by atoms with E-state index in [0.717, 1.165) is 157 Å². The van der Waals surface area contributed by atoms with Gasteiger partial charge in [0.15, 0.2) is 17.5 Å². The Morgan fingerprint density at radius 2 is 0.757 bits per heavy atom. The molecule has 11 heteroatoms. The molecule has 0 bridgehead atoms. The topological polar surface area (TPSA) is 98.6 Å². The van der Waals surface area contributed by atoms with Crippen molar-refractivity contribution in [1.29, 1.82) is 0 Å². The number of hydrogen-bond donors (Lipinski definition) is 0. The first kappa shape index (κ1) is 61.0. The van der Waals surface area contributed by atoms with E-state index in [1.54, 1.807) is 0 Å². The molecule has 107 heavy (non-hydrogen) atoms. The summed E-state index contributed by atoms with van der Waals surface area (Å²) in [6.07, 6.45) is 1.85. The van der Waals surface area contributed by atoms with E-state index >= 15 is 0 Å². The fraction of sp³-hybridized carbons (Fsp3) is 0. The molecular formula is C96H61N11. The molecule has 0 amide bonds. The summed E-state index contributed by atoms with van der Waals surface area (Å²) in [5.74, 6) is 2.82. The Balaban J connectivity index is 0.000000140. The van der Waals surface area contributed by atoms with Gasteiger partial charge in [0.2, 0.25) is 0 Å². The van der Waals surface area contributed by atoms with Crippen molar-refractivity contribution in [3.05, 3.63) is 370 Å². The minimum Gasteiger partial charge on any atom is -0.309 e. The Hall–Kier alpha value is -14.7. The van der Waals surface area contributed by atoms with E-state index < -0.39 is 0 Å². The Labute approximate surface area is 615 Å². The van der Waals surface area contributed by atoms with Crippen LogP contribution in [-0.2, 0) is 0 Å². The molecule has 0 aliphatic carbocycles. The zero-order valence-corrected chi connectivity index (χ0v) is 57.6. The zero-order chi connectivity index (χ0) is 70.5. The van der Waals surface area contributed by atoms with E-state index in [-0.39, 0.29) is 0 Å². The van der Waals surface area contributed by atoms with E-state index in [4.69, 9.17) is 24.9 Å². The second kappa shape index (κ2) is 25.1. The third kappa shape index (κ3) is 10.2. The van der Waals surface area contributed by atoms with Crippen LogP contribution < -0.4 is 9.80 Å². The summed E-state index contributed by atoms with van der Waals surface area (Å²) in [4.78, 5) is 34.8. The quantitative estimate of drug-likeness (QED) is 0.148. The van der Waals surface area contributed by atoms with Gasteiger partial charge in [-0.3, -0.25) is 9.55 Å². The molecule has 11 nitrogen and oxygen atoms in total. The minimum absolute atomic E-state index is 0.622. The smallest absolute Gasteiger partial charge is 0.164 e. The molecule has 2 aliphatic heterocycles. The first-order chi connectivity index (χ1) is 53.1. The lowest BCUT2D eigenvalue weighted by atomic mass is 10.00. The van der Waals surface area contributed by atoms with Crippen molar-refractivity contribution in [2.45, 2.75) is 0 Å². The lowest BCUT2D eigenvalue weighted by Crippen LogP contribution is -2.11. The summed E-state index contributed by atoms with van der Waals surface area (Å²) < 4.78 is 7.19. The normalized spacial score (nSPS) is 12.1. The number of para-hydroxylation sites is 9. The summed E-state index contributed by atoms with van der Waals surface area (Å²) in [5, 5.41) is 5.80. The van der Waals surface area contributed by atoms with Gasteiger partial charge < -0.3 is 18.9 Å². The van der Waals surface area contributed by atoms with Gasteiger partial charge in [-0.05, 0) is 151 Å². The molecule has 2 aliphatic rings. The molecule has 22 rings (SSSR count). The second-order valence-corrected chi connectivity index (χ2v) is 27.0. The highest BCUT2D eigenvalue weighted by atomic mass is 15.2. The van der Waals surface area contributed by atoms with Gasteiger partial charge in [-0.25, -0.2) is 24.9 Å². The maximum atomic E-state index is 5.26. The van der Waals surface area contributed by atoms with Gasteiger partial charge in [0.05, 0.1) is 84.1 Å². The Morgan fingerprint density at radius 1 is 0.234 bits per heavy atom. The Kier molecular flexibility index (Phi) is 14.3. The van der Waals surface area contributed by atoms with Gasteiger partial charge in [-0.15, -0.1) is 0 Å². The van der Waals surface area contributed by atoms with Crippen LogP contribution in [0.2, 0.25) is 0 Å². The monoisotopic (exact) mass is 1370 g/mol. The molecule has 20 aromatic rings. The van der Waals surface area contributed by atoms with E-state index in [1.165, 1.54) is 21.7 Å². The lowest BCUT2D eigenvalue weighted by Gasteiger charge is -2.27. The molecule has 6 aromatic heterocycles. The summed E-state index contributed by atoms with van der Waals surface area (Å²) >= 11 is 0. The van der Waals surface area contributed by atoms with Gasteiger partial charge >= 0.3 is 0 Å². The molecule has 500 valence electrons. The third-order valence-corrected chi connectivity index (χ3v) is 20.8. The predicted molar refractivity (Wildman–Crippen MR) is 437 cm³/mol. The summed E-state index contributed by atoms with van der Waals surface area (Å²) in [6, 6.07) is 128. The largest absolute Gasteiger partial charge is 0.309 e. The molecule has 8 heterocycles. The molecule has 0 spiro atoms. The Bertz CT molecular complexity index is 6860. The van der Waals surface area contributed by atoms with Crippen LogP contribution in [0.4, 0.5) is 34.1 Å². The van der Waals surface area contributed by atoms with Crippen LogP contribution in [0.25, 0.3) is 162 Å². The summed E-state index contributed by atoms with van der Waals surface area (Å²) in [7, 11) is 0. The Morgan fingerprint density at radius 3 is 1.51 bits per heavy atom. The van der Waals surface area contributed by atoms with Crippen LogP contribution in [0, 0.1) is 0 Å². The van der Waals surface area contributed by atoms with E-state index in [9.17, 15) is 0 Å². The number of anilines is 6. The number of fused-ring (bicyclic) bond motifs is 21. The number of pyridine rings is 2. The minimum atomic E-state index is 0.622. The molecule has 0 saturated heterocycles. The molecule has 0 radical (unpaired) electrons. The van der Waals surface area contributed by atoms with E-state index in [2.05, 4.69) is 314 Å². The highest BCUT2D eigenvalue weighted by molar-refractivity contribution is 6.20. The van der Waals surface area contributed by atoms with Gasteiger partial charge in [0.25, 0.3) is 0 Å². The third-order valence-electron chi connectivity index (χ3n) is 20.8. The van der Waals surface area contributed by atoms with Crippen molar-refractivity contribution in [2.24, 2.45) is 0 Å². The van der Waals surface area contributed by atoms with Crippen molar-refractivity contribution in [1.82, 2.24) is 43.6 Å². The van der Waals surface area contributed by atoms with E-state index in [1.807, 2.05) is 85.1 Å². The highest BCUT2D eigenvalue weighted by Crippen LogP contribution is 2.52. The zero-order valence-electron chi connectivity index (χ0n) is 57.6. The lowest BCUT2D eigenvalue weighted by molar-refractivity contribution is 1.07. The molecule has 0 N–H and O–H groups in total. The molecular weight excluding hydrogens is 1310 g/mol. The molecule has 0 fully saturated rings. The van der Waals surface area contributed by atoms with Crippen LogP contribution >= 0.6 is 0 Å². The summed E-state index contributed by atoms with van der Waals surface area (Å²) in [6.45, 7) is 0. The fourth-order valence-electron chi connectivity index (χ4n) is 16.1. The first-order valence-corrected chi connectivity index (χ1v) is 36.0. The van der Waals surface area contributed by atoms with Crippen molar-refractivity contribution in [2.75, 3.05) is 9.80 Å². The van der Waals surface area contributed by atoms with Gasteiger partial charge in [0, 0.05) is 83.6 Å². The number of imidazole rings is 1. The van der Waals surface area contributed by atoms with Crippen LogP contribution in [0.3, 0.4) is 0 Å². The predicted octanol–water partition coefficient (Wildman–Crippen LogP) is 24.3. The molecule has 0 unspecified atom stereocenters. The van der Waals surface area contributed by atoms with Crippen molar-refractivity contribution < 1.29 is 0 Å². The number of benzene rings is 14. The van der Waals surface area contributed by atoms with Crippen LogP contribution in [-0.4, -0.2) is 43.6 Å². The van der Waals surface area contributed by atoms with Crippen LogP contribution in [0.15, 0.2) is 370 Å². The second-order valence-electron chi connectivity index (χ2n) is 27.0. The number of rotatable bonds is 8. The molecule has 0 saturated carbocycles. The average Bonchev–Trinajstić information content (AvgIpc) is 1.55. The van der Waals surface area contributed by atoms with Gasteiger partial charge in [0.1, 0.15) is 5.82 Å². The van der Waals surface area contributed by atoms with Gasteiger partial charge in [-0.1, -0.05) is 224 Å². The number of hydrogen-bond acceptors (Lipinski definition) is 8. The maximum absolute atomic E-state index is 5.26. The van der Waals surface area contributed by atoms with Crippen molar-refractivity contribution >= 4 is 99.7 Å². The highest BCUT2D eigenvalue weighted by Gasteiger charge is 2.32. The summed E-state index contributed by atoms with van der Waals surface area (Å²) in [5.41, 5.74) is 27.7. The SMILES string of the molecule is c1cc(-c2cccc(N3c4ccccc4-c4nc5ccc6ncccc6c5n4-c4ccccc43)c2)cc(-c2ccc3ccccc3n2)c1.c1ccc(-c2nc(-c3ccccc3)nc(-c3cccc(-n4c5ccccc5c5ccc6c(cc7n6-c6ccccc6N(c6ccccc6)c6ccccc6-7)c54)c3)n2)cc1. The van der Waals surface area contributed by atoms with Gasteiger partial charge in [-0.2, -0.15) is 0 Å². The van der Waals surface area contributed by atoms with E-state index in [0.29, 0.717) is 17.5 Å². The number of aromatic nitrogens is 9.